The van der Waals surface area contributed by atoms with E-state index in [1.165, 1.54) is 6.07 Å². The molecule has 0 fully saturated rings. The van der Waals surface area contributed by atoms with E-state index in [0.717, 1.165) is 49.1 Å². The third kappa shape index (κ3) is 3.30. The molecule has 0 saturated heterocycles. The lowest BCUT2D eigenvalue weighted by Gasteiger charge is -2.12. The van der Waals surface area contributed by atoms with Crippen LogP contribution in [0.1, 0.15) is 22.0 Å². The third-order valence-electron chi connectivity index (χ3n) is 5.89. The van der Waals surface area contributed by atoms with Gasteiger partial charge >= 0.3 is 0 Å². The average molecular weight is 470 g/mol. The molecule has 0 atom stereocenters. The number of aromatic nitrogens is 5. The van der Waals surface area contributed by atoms with Crippen LogP contribution in [0.4, 0.5) is 4.39 Å². The first-order valence-electron chi connectivity index (χ1n) is 10.9. The Bertz CT molecular complexity index is 1690. The van der Waals surface area contributed by atoms with Crippen molar-refractivity contribution < 1.29 is 9.13 Å². The zero-order chi connectivity index (χ0) is 23.4. The molecule has 2 aromatic carbocycles. The fraction of sp³-hybridized carbons (Fsp3) is 0.154. The molecule has 0 N–H and O–H groups in total. The normalized spacial score (nSPS) is 11.6. The maximum absolute atomic E-state index is 15.3. The summed E-state index contributed by atoms with van der Waals surface area (Å²) in [6, 6.07) is 13.1. The zero-order valence-electron chi connectivity index (χ0n) is 18.8. The van der Waals surface area contributed by atoms with Crippen LogP contribution in [0.25, 0.3) is 38.2 Å². The van der Waals surface area contributed by atoms with E-state index in [-0.39, 0.29) is 12.1 Å². The van der Waals surface area contributed by atoms with E-state index in [4.69, 9.17) is 9.72 Å². The Labute approximate surface area is 198 Å². The van der Waals surface area contributed by atoms with Gasteiger partial charge < -0.3 is 4.74 Å². The molecule has 6 nitrogen and oxygen atoms in total. The molecule has 4 aromatic heterocycles. The molecular formula is C26H20FN5OS. The lowest BCUT2D eigenvalue weighted by molar-refractivity contribution is 0.304. The van der Waals surface area contributed by atoms with Crippen LogP contribution in [0, 0.1) is 26.6 Å². The Morgan fingerprint density at radius 1 is 1.00 bits per heavy atom. The molecule has 34 heavy (non-hydrogen) atoms. The summed E-state index contributed by atoms with van der Waals surface area (Å²) in [6.07, 6.45) is 3.54. The van der Waals surface area contributed by atoms with E-state index in [9.17, 15) is 0 Å². The Morgan fingerprint density at radius 2 is 1.82 bits per heavy atom. The van der Waals surface area contributed by atoms with Gasteiger partial charge in [-0.3, -0.25) is 9.38 Å². The van der Waals surface area contributed by atoms with Gasteiger partial charge in [-0.1, -0.05) is 12.1 Å². The summed E-state index contributed by atoms with van der Waals surface area (Å²) in [5, 5.41) is 0.834. The number of rotatable bonds is 4. The second-order valence-corrected chi connectivity index (χ2v) is 9.34. The number of aryl methyl sites for hydroxylation is 3. The highest BCUT2D eigenvalue weighted by Crippen LogP contribution is 2.33. The van der Waals surface area contributed by atoms with Crippen LogP contribution in [-0.2, 0) is 6.61 Å². The molecular weight excluding hydrogens is 449 g/mol. The highest BCUT2D eigenvalue weighted by molar-refractivity contribution is 7.18. The van der Waals surface area contributed by atoms with Crippen molar-refractivity contribution in [2.24, 2.45) is 0 Å². The van der Waals surface area contributed by atoms with Crippen LogP contribution in [0.5, 0.6) is 5.75 Å². The van der Waals surface area contributed by atoms with Crippen molar-refractivity contribution in [3.63, 3.8) is 0 Å². The first-order valence-corrected chi connectivity index (χ1v) is 11.7. The minimum absolute atomic E-state index is 0.256. The number of pyridine rings is 1. The summed E-state index contributed by atoms with van der Waals surface area (Å²) >= 11 is 1.57. The number of hydrogen-bond donors (Lipinski definition) is 0. The Kier molecular flexibility index (Phi) is 4.77. The Morgan fingerprint density at radius 3 is 2.65 bits per heavy atom. The molecule has 0 aliphatic rings. The number of imidazole rings is 1. The van der Waals surface area contributed by atoms with Crippen molar-refractivity contribution in [3.05, 3.63) is 82.6 Å². The lowest BCUT2D eigenvalue weighted by Crippen LogP contribution is -2.02. The summed E-state index contributed by atoms with van der Waals surface area (Å²) in [6.45, 7) is 6.07. The standard InChI is InChI=1S/C26H20FN5OS/c1-14-12-28-9-8-18(14)26-30-16(3)25-15(2)29-24-19(27)10-17(11-21(24)32(25)26)33-13-23-31-20-6-4-5-7-22(20)34-23/h4-12H,13H2,1-3H3. The Hall–Kier alpha value is -3.91. The predicted octanol–water partition coefficient (Wildman–Crippen LogP) is 6.20. The van der Waals surface area contributed by atoms with Crippen LogP contribution in [0.2, 0.25) is 0 Å². The average Bonchev–Trinajstić information content (AvgIpc) is 3.40. The van der Waals surface area contributed by atoms with Crippen molar-refractivity contribution in [2.45, 2.75) is 27.4 Å². The summed E-state index contributed by atoms with van der Waals surface area (Å²) in [4.78, 5) is 18.2. The minimum atomic E-state index is -0.439. The highest BCUT2D eigenvalue weighted by Gasteiger charge is 2.20. The number of benzene rings is 2. The van der Waals surface area contributed by atoms with Gasteiger partial charge in [0.05, 0.1) is 32.6 Å². The first-order chi connectivity index (χ1) is 16.5. The number of para-hydroxylation sites is 1. The second-order valence-electron chi connectivity index (χ2n) is 8.23. The van der Waals surface area contributed by atoms with E-state index < -0.39 is 5.82 Å². The summed E-state index contributed by atoms with van der Waals surface area (Å²) in [5.41, 5.74) is 6.16. The van der Waals surface area contributed by atoms with Crippen LogP contribution in [0.15, 0.2) is 54.9 Å². The summed E-state index contributed by atoms with van der Waals surface area (Å²) in [5.74, 6) is 0.705. The highest BCUT2D eigenvalue weighted by atomic mass is 32.1. The molecule has 0 amide bonds. The quantitative estimate of drug-likeness (QED) is 0.308. The predicted molar refractivity (Wildman–Crippen MR) is 132 cm³/mol. The maximum Gasteiger partial charge on any atom is 0.154 e. The molecule has 6 aromatic rings. The molecule has 0 saturated carbocycles. The number of hydrogen-bond acceptors (Lipinski definition) is 6. The van der Waals surface area contributed by atoms with Gasteiger partial charge in [0.1, 0.15) is 28.7 Å². The molecule has 0 unspecified atom stereocenters. The SMILES string of the molecule is Cc1cnccc1-c1nc(C)c2c(C)nc3c(F)cc(OCc4nc5ccccc5s4)cc3n12. The smallest absolute Gasteiger partial charge is 0.154 e. The van der Waals surface area contributed by atoms with Crippen LogP contribution in [0.3, 0.4) is 0 Å². The monoisotopic (exact) mass is 469 g/mol. The topological polar surface area (TPSA) is 65.2 Å². The van der Waals surface area contributed by atoms with Crippen molar-refractivity contribution in [2.75, 3.05) is 0 Å². The number of thiazole rings is 1. The van der Waals surface area contributed by atoms with Crippen LogP contribution < -0.4 is 4.74 Å². The number of halogens is 1. The van der Waals surface area contributed by atoms with Crippen molar-refractivity contribution in [1.29, 1.82) is 0 Å². The third-order valence-corrected chi connectivity index (χ3v) is 6.90. The van der Waals surface area contributed by atoms with Gasteiger partial charge in [0, 0.05) is 30.1 Å². The first kappa shape index (κ1) is 20.7. The largest absolute Gasteiger partial charge is 0.486 e. The van der Waals surface area contributed by atoms with Gasteiger partial charge in [0.25, 0.3) is 0 Å². The Balaban J connectivity index is 1.50. The zero-order valence-corrected chi connectivity index (χ0v) is 19.7. The molecule has 8 heteroatoms. The molecule has 0 aliphatic carbocycles. The minimum Gasteiger partial charge on any atom is -0.486 e. The fourth-order valence-corrected chi connectivity index (χ4v) is 5.25. The molecule has 0 spiro atoms. The van der Waals surface area contributed by atoms with Crippen LogP contribution >= 0.6 is 11.3 Å². The van der Waals surface area contributed by atoms with Gasteiger partial charge in [0.15, 0.2) is 5.82 Å². The second kappa shape index (κ2) is 7.85. The van der Waals surface area contributed by atoms with E-state index in [2.05, 4.69) is 15.0 Å². The van der Waals surface area contributed by atoms with Gasteiger partial charge in [0.2, 0.25) is 0 Å². The lowest BCUT2D eigenvalue weighted by atomic mass is 10.1. The maximum atomic E-state index is 15.3. The van der Waals surface area contributed by atoms with Gasteiger partial charge in [-0.05, 0) is 44.5 Å². The van der Waals surface area contributed by atoms with E-state index in [0.29, 0.717) is 11.3 Å². The van der Waals surface area contributed by atoms with E-state index in [1.807, 2.05) is 61.6 Å². The molecule has 0 radical (unpaired) electrons. The number of fused-ring (bicyclic) bond motifs is 4. The molecule has 0 bridgehead atoms. The molecule has 168 valence electrons. The number of ether oxygens (including phenoxy) is 1. The van der Waals surface area contributed by atoms with Gasteiger partial charge in [-0.2, -0.15) is 0 Å². The van der Waals surface area contributed by atoms with Gasteiger partial charge in [-0.25, -0.2) is 19.3 Å². The fourth-order valence-electron chi connectivity index (χ4n) is 4.36. The summed E-state index contributed by atoms with van der Waals surface area (Å²) in [7, 11) is 0. The van der Waals surface area contributed by atoms with Crippen molar-refractivity contribution in [1.82, 2.24) is 24.3 Å². The number of nitrogens with zero attached hydrogens (tertiary/aromatic N) is 5. The molecule has 6 rings (SSSR count). The van der Waals surface area contributed by atoms with E-state index in [1.54, 1.807) is 23.7 Å². The van der Waals surface area contributed by atoms with E-state index >= 15 is 4.39 Å². The van der Waals surface area contributed by atoms with Crippen molar-refractivity contribution >= 4 is 38.1 Å². The van der Waals surface area contributed by atoms with Crippen LogP contribution in [-0.4, -0.2) is 24.3 Å². The molecule has 4 heterocycles. The van der Waals surface area contributed by atoms with Crippen molar-refractivity contribution in [3.8, 4) is 17.1 Å². The summed E-state index contributed by atoms with van der Waals surface area (Å²) < 4.78 is 24.3. The molecule has 0 aliphatic heterocycles. The van der Waals surface area contributed by atoms with Gasteiger partial charge in [-0.15, -0.1) is 11.3 Å².